The number of rotatable bonds is 8. The number of nitrogens with zero attached hydrogens (tertiary/aromatic N) is 1. The summed E-state index contributed by atoms with van der Waals surface area (Å²) in [6.07, 6.45) is 1.55. The van der Waals surface area contributed by atoms with Gasteiger partial charge in [-0.15, -0.1) is 0 Å². The highest BCUT2D eigenvalue weighted by atomic mass is 16.5. The van der Waals surface area contributed by atoms with E-state index in [1.807, 2.05) is 31.2 Å². The van der Waals surface area contributed by atoms with Gasteiger partial charge in [-0.05, 0) is 61.0 Å². The van der Waals surface area contributed by atoms with Crippen LogP contribution in [0, 0.1) is 0 Å². The third-order valence-electron chi connectivity index (χ3n) is 3.02. The molecule has 0 aliphatic rings. The molecule has 1 amide bonds. The molecule has 0 aromatic heterocycles. The second-order valence-corrected chi connectivity index (χ2v) is 4.76. The van der Waals surface area contributed by atoms with Gasteiger partial charge in [-0.2, -0.15) is 5.10 Å². The zero-order valence-electron chi connectivity index (χ0n) is 13.7. The minimum atomic E-state index is -0.339. The summed E-state index contributed by atoms with van der Waals surface area (Å²) in [6, 6.07) is 14.4. The van der Waals surface area contributed by atoms with E-state index in [2.05, 4.69) is 10.5 Å². The second-order valence-electron chi connectivity index (χ2n) is 4.76. The molecule has 24 heavy (non-hydrogen) atoms. The molecule has 6 heteroatoms. The van der Waals surface area contributed by atoms with Crippen LogP contribution in [0.4, 0.5) is 0 Å². The maximum absolute atomic E-state index is 11.7. The Kier molecular flexibility index (Phi) is 6.64. The van der Waals surface area contributed by atoms with Gasteiger partial charge in [-0.1, -0.05) is 0 Å². The fraction of sp³-hybridized carbons (Fsp3) is 0.222. The van der Waals surface area contributed by atoms with Crippen molar-refractivity contribution in [2.24, 2.45) is 5.10 Å². The number of carbonyl (C=O) groups excluding carboxylic acids is 1. The number of hydrazone groups is 1. The van der Waals surface area contributed by atoms with Crippen LogP contribution in [0.2, 0.25) is 0 Å². The zero-order chi connectivity index (χ0) is 17.2. The Labute approximate surface area is 141 Å². The first-order valence-corrected chi connectivity index (χ1v) is 7.53. The smallest absolute Gasteiger partial charge is 0.277 e. The second kappa shape index (κ2) is 9.19. The minimum Gasteiger partial charge on any atom is -0.497 e. The summed E-state index contributed by atoms with van der Waals surface area (Å²) in [5.41, 5.74) is 3.26. The van der Waals surface area contributed by atoms with E-state index in [0.29, 0.717) is 12.4 Å². The molecule has 6 nitrogen and oxygen atoms in total. The lowest BCUT2D eigenvalue weighted by molar-refractivity contribution is -0.123. The van der Waals surface area contributed by atoms with Crippen molar-refractivity contribution < 1.29 is 19.0 Å². The van der Waals surface area contributed by atoms with Crippen molar-refractivity contribution in [2.45, 2.75) is 6.92 Å². The van der Waals surface area contributed by atoms with Crippen LogP contribution in [-0.2, 0) is 4.79 Å². The molecule has 0 atom stereocenters. The number of nitrogens with one attached hydrogen (secondary N) is 1. The lowest BCUT2D eigenvalue weighted by atomic mass is 10.2. The van der Waals surface area contributed by atoms with Gasteiger partial charge in [0.25, 0.3) is 5.91 Å². The van der Waals surface area contributed by atoms with Gasteiger partial charge in [-0.25, -0.2) is 5.43 Å². The summed E-state index contributed by atoms with van der Waals surface area (Å²) >= 11 is 0. The van der Waals surface area contributed by atoms with Crippen molar-refractivity contribution in [2.75, 3.05) is 20.3 Å². The molecule has 0 saturated carbocycles. The van der Waals surface area contributed by atoms with Crippen LogP contribution in [0.3, 0.4) is 0 Å². The summed E-state index contributed by atoms with van der Waals surface area (Å²) in [5.74, 6) is 1.78. The van der Waals surface area contributed by atoms with Crippen molar-refractivity contribution in [1.29, 1.82) is 0 Å². The molecule has 2 aromatic carbocycles. The van der Waals surface area contributed by atoms with Crippen LogP contribution in [0.5, 0.6) is 17.2 Å². The number of amides is 1. The van der Waals surface area contributed by atoms with Crippen LogP contribution in [0.25, 0.3) is 0 Å². The first-order valence-electron chi connectivity index (χ1n) is 7.53. The normalized spacial score (nSPS) is 10.4. The van der Waals surface area contributed by atoms with Crippen molar-refractivity contribution >= 4 is 12.1 Å². The fourth-order valence-corrected chi connectivity index (χ4v) is 1.85. The van der Waals surface area contributed by atoms with Crippen molar-refractivity contribution in [3.05, 3.63) is 54.1 Å². The summed E-state index contributed by atoms with van der Waals surface area (Å²) in [5, 5.41) is 3.88. The van der Waals surface area contributed by atoms with Gasteiger partial charge in [0.2, 0.25) is 0 Å². The molecule has 2 rings (SSSR count). The molecule has 0 bridgehead atoms. The molecular formula is C18H20N2O4. The van der Waals surface area contributed by atoms with Crippen molar-refractivity contribution in [3.63, 3.8) is 0 Å². The van der Waals surface area contributed by atoms with E-state index in [9.17, 15) is 4.79 Å². The van der Waals surface area contributed by atoms with Gasteiger partial charge in [-0.3, -0.25) is 4.79 Å². The molecule has 0 spiro atoms. The summed E-state index contributed by atoms with van der Waals surface area (Å²) < 4.78 is 15.8. The van der Waals surface area contributed by atoms with Crippen LogP contribution >= 0.6 is 0 Å². The quantitative estimate of drug-likeness (QED) is 0.597. The maximum atomic E-state index is 11.7. The molecule has 0 radical (unpaired) electrons. The highest BCUT2D eigenvalue weighted by molar-refractivity contribution is 5.83. The molecule has 0 aliphatic carbocycles. The molecule has 0 aliphatic heterocycles. The van der Waals surface area contributed by atoms with E-state index in [4.69, 9.17) is 14.2 Å². The lowest BCUT2D eigenvalue weighted by Crippen LogP contribution is -2.24. The fourth-order valence-electron chi connectivity index (χ4n) is 1.85. The van der Waals surface area contributed by atoms with E-state index >= 15 is 0 Å². The number of ether oxygens (including phenoxy) is 3. The predicted octanol–water partition coefficient (Wildman–Crippen LogP) is 2.62. The number of hydrogen-bond acceptors (Lipinski definition) is 5. The van der Waals surface area contributed by atoms with E-state index in [-0.39, 0.29) is 12.5 Å². The summed E-state index contributed by atoms with van der Waals surface area (Å²) in [7, 11) is 1.60. The Morgan fingerprint density at radius 1 is 1.00 bits per heavy atom. The highest BCUT2D eigenvalue weighted by Crippen LogP contribution is 2.17. The van der Waals surface area contributed by atoms with E-state index < -0.39 is 0 Å². The number of carbonyl (C=O) groups is 1. The van der Waals surface area contributed by atoms with Crippen LogP contribution in [-0.4, -0.2) is 32.4 Å². The van der Waals surface area contributed by atoms with E-state index in [1.54, 1.807) is 37.6 Å². The predicted molar refractivity (Wildman–Crippen MR) is 91.8 cm³/mol. The largest absolute Gasteiger partial charge is 0.497 e. The Morgan fingerprint density at radius 2 is 1.58 bits per heavy atom. The van der Waals surface area contributed by atoms with Gasteiger partial charge in [0.05, 0.1) is 19.9 Å². The van der Waals surface area contributed by atoms with Gasteiger partial charge >= 0.3 is 0 Å². The summed E-state index contributed by atoms with van der Waals surface area (Å²) in [4.78, 5) is 11.7. The monoisotopic (exact) mass is 328 g/mol. The molecule has 126 valence electrons. The van der Waals surface area contributed by atoms with Crippen molar-refractivity contribution in [1.82, 2.24) is 5.43 Å². The van der Waals surface area contributed by atoms with Crippen molar-refractivity contribution in [3.8, 4) is 17.2 Å². The number of hydrogen-bond donors (Lipinski definition) is 1. The molecule has 1 N–H and O–H groups in total. The van der Waals surface area contributed by atoms with Crippen LogP contribution in [0.15, 0.2) is 53.6 Å². The molecule has 0 unspecified atom stereocenters. The Morgan fingerprint density at radius 3 is 2.17 bits per heavy atom. The highest BCUT2D eigenvalue weighted by Gasteiger charge is 2.02. The minimum absolute atomic E-state index is 0.117. The van der Waals surface area contributed by atoms with Gasteiger partial charge < -0.3 is 14.2 Å². The average Bonchev–Trinajstić information content (AvgIpc) is 2.62. The number of benzene rings is 2. The standard InChI is InChI=1S/C18H20N2O4/c1-3-23-16-8-10-17(11-9-16)24-13-18(21)20-19-12-14-4-6-15(22-2)7-5-14/h4-12H,3,13H2,1-2H3,(H,20,21)/b19-12+. The third kappa shape index (κ3) is 5.64. The first-order chi connectivity index (χ1) is 11.7. The average molecular weight is 328 g/mol. The summed E-state index contributed by atoms with van der Waals surface area (Å²) in [6.45, 7) is 2.41. The Bertz CT molecular complexity index is 666. The zero-order valence-corrected chi connectivity index (χ0v) is 13.7. The van der Waals surface area contributed by atoms with Gasteiger partial charge in [0.1, 0.15) is 17.2 Å². The maximum Gasteiger partial charge on any atom is 0.277 e. The third-order valence-corrected chi connectivity index (χ3v) is 3.02. The molecule has 0 fully saturated rings. The molecular weight excluding hydrogens is 308 g/mol. The Balaban J connectivity index is 1.75. The molecule has 2 aromatic rings. The van der Waals surface area contributed by atoms with E-state index in [0.717, 1.165) is 17.1 Å². The van der Waals surface area contributed by atoms with Gasteiger partial charge in [0, 0.05) is 0 Å². The molecule has 0 heterocycles. The number of methoxy groups -OCH3 is 1. The molecule has 0 saturated heterocycles. The Hall–Kier alpha value is -3.02. The van der Waals surface area contributed by atoms with Crippen LogP contribution < -0.4 is 19.6 Å². The van der Waals surface area contributed by atoms with Crippen LogP contribution in [0.1, 0.15) is 12.5 Å². The SMILES string of the molecule is CCOc1ccc(OCC(=O)N/N=C/c2ccc(OC)cc2)cc1. The van der Waals surface area contributed by atoms with E-state index in [1.165, 1.54) is 0 Å². The lowest BCUT2D eigenvalue weighted by Gasteiger charge is -2.06. The van der Waals surface area contributed by atoms with Gasteiger partial charge in [0.15, 0.2) is 6.61 Å². The topological polar surface area (TPSA) is 69.2 Å². The first kappa shape index (κ1) is 17.3.